The van der Waals surface area contributed by atoms with Gasteiger partial charge < -0.3 is 19.7 Å². The highest BCUT2D eigenvalue weighted by molar-refractivity contribution is 5.41. The van der Waals surface area contributed by atoms with Gasteiger partial charge in [-0.25, -0.2) is 9.97 Å². The molecular weight excluding hydrogens is 340 g/mol. The van der Waals surface area contributed by atoms with Crippen molar-refractivity contribution in [3.8, 4) is 11.5 Å². The van der Waals surface area contributed by atoms with Crippen LogP contribution in [0.2, 0.25) is 0 Å². The Labute approximate surface area is 160 Å². The molecular formula is C21H28N4O2. The molecule has 0 spiro atoms. The van der Waals surface area contributed by atoms with Crippen molar-refractivity contribution < 1.29 is 9.47 Å². The molecule has 6 nitrogen and oxygen atoms in total. The van der Waals surface area contributed by atoms with Crippen LogP contribution in [0.25, 0.3) is 0 Å². The van der Waals surface area contributed by atoms with Gasteiger partial charge in [0.25, 0.3) is 0 Å². The molecule has 2 aromatic rings. The van der Waals surface area contributed by atoms with E-state index in [0.717, 1.165) is 67.7 Å². The second kappa shape index (κ2) is 8.13. The maximum absolute atomic E-state index is 6.04. The smallest absolute Gasteiger partial charge is 0.161 e. The highest BCUT2D eigenvalue weighted by Crippen LogP contribution is 2.30. The number of piperidine rings is 1. The quantitative estimate of drug-likeness (QED) is 0.876. The summed E-state index contributed by atoms with van der Waals surface area (Å²) in [5.41, 5.74) is 1.12. The van der Waals surface area contributed by atoms with Crippen molar-refractivity contribution in [1.82, 2.24) is 15.3 Å². The Kier molecular flexibility index (Phi) is 5.43. The van der Waals surface area contributed by atoms with Crippen LogP contribution < -0.4 is 19.7 Å². The first-order valence-electron chi connectivity index (χ1n) is 9.92. The Morgan fingerprint density at radius 1 is 1.15 bits per heavy atom. The van der Waals surface area contributed by atoms with Crippen LogP contribution in [-0.4, -0.2) is 48.4 Å². The SMILES string of the molecule is CCc1cc(N2CCC(NC[C@H]3COc4ccccc4O3)CC2)nc(C)n1. The van der Waals surface area contributed by atoms with Crippen LogP contribution in [-0.2, 0) is 6.42 Å². The number of aromatic nitrogens is 2. The number of para-hydroxylation sites is 2. The van der Waals surface area contributed by atoms with Crippen LogP contribution >= 0.6 is 0 Å². The summed E-state index contributed by atoms with van der Waals surface area (Å²) in [5.74, 6) is 3.61. The topological polar surface area (TPSA) is 59.5 Å². The summed E-state index contributed by atoms with van der Waals surface area (Å²) in [6, 6.07) is 10.5. The lowest BCUT2D eigenvalue weighted by molar-refractivity contribution is 0.0873. The number of fused-ring (bicyclic) bond motifs is 1. The van der Waals surface area contributed by atoms with Crippen molar-refractivity contribution in [2.45, 2.75) is 45.3 Å². The number of rotatable bonds is 5. The van der Waals surface area contributed by atoms with Crippen LogP contribution in [0.5, 0.6) is 11.5 Å². The zero-order chi connectivity index (χ0) is 18.6. The first kappa shape index (κ1) is 18.0. The molecule has 2 aliphatic heterocycles. The van der Waals surface area contributed by atoms with E-state index in [-0.39, 0.29) is 6.10 Å². The summed E-state index contributed by atoms with van der Waals surface area (Å²) in [7, 11) is 0. The van der Waals surface area contributed by atoms with Gasteiger partial charge in [-0.1, -0.05) is 19.1 Å². The molecule has 1 saturated heterocycles. The molecule has 1 aromatic carbocycles. The molecule has 3 heterocycles. The fraction of sp³-hybridized carbons (Fsp3) is 0.524. The third-order valence-corrected chi connectivity index (χ3v) is 5.26. The van der Waals surface area contributed by atoms with Crippen LogP contribution in [0.1, 0.15) is 31.3 Å². The van der Waals surface area contributed by atoms with Gasteiger partial charge in [0.15, 0.2) is 11.5 Å². The fourth-order valence-corrected chi connectivity index (χ4v) is 3.73. The van der Waals surface area contributed by atoms with E-state index in [0.29, 0.717) is 12.6 Å². The molecule has 2 aliphatic rings. The van der Waals surface area contributed by atoms with Crippen LogP contribution in [0, 0.1) is 6.92 Å². The number of aryl methyl sites for hydroxylation is 2. The molecule has 1 atom stereocenters. The van der Waals surface area contributed by atoms with Gasteiger partial charge in [0, 0.05) is 37.4 Å². The van der Waals surface area contributed by atoms with Crippen molar-refractivity contribution in [2.24, 2.45) is 0 Å². The van der Waals surface area contributed by atoms with Gasteiger partial charge in [-0.2, -0.15) is 0 Å². The van der Waals surface area contributed by atoms with E-state index < -0.39 is 0 Å². The van der Waals surface area contributed by atoms with Crippen molar-refractivity contribution in [3.05, 3.63) is 41.9 Å². The van der Waals surface area contributed by atoms with Crippen molar-refractivity contribution in [2.75, 3.05) is 31.1 Å². The average Bonchev–Trinajstić information content (AvgIpc) is 2.72. The van der Waals surface area contributed by atoms with Crippen LogP contribution in [0.4, 0.5) is 5.82 Å². The molecule has 0 amide bonds. The highest BCUT2D eigenvalue weighted by atomic mass is 16.6. The summed E-state index contributed by atoms with van der Waals surface area (Å²) in [5, 5.41) is 3.66. The van der Waals surface area contributed by atoms with E-state index in [1.54, 1.807) is 0 Å². The van der Waals surface area contributed by atoms with E-state index in [2.05, 4.69) is 33.2 Å². The molecule has 1 N–H and O–H groups in total. The lowest BCUT2D eigenvalue weighted by atomic mass is 10.0. The Morgan fingerprint density at radius 2 is 1.93 bits per heavy atom. The minimum atomic E-state index is 0.0644. The summed E-state index contributed by atoms with van der Waals surface area (Å²) in [6.07, 6.45) is 3.22. The Balaban J connectivity index is 1.26. The first-order valence-corrected chi connectivity index (χ1v) is 9.92. The van der Waals surface area contributed by atoms with Gasteiger partial charge in [0.05, 0.1) is 0 Å². The normalized spacial score (nSPS) is 19.9. The molecule has 144 valence electrons. The molecule has 27 heavy (non-hydrogen) atoms. The molecule has 0 saturated carbocycles. The fourth-order valence-electron chi connectivity index (χ4n) is 3.73. The average molecular weight is 368 g/mol. The predicted molar refractivity (Wildman–Crippen MR) is 106 cm³/mol. The Morgan fingerprint density at radius 3 is 2.70 bits per heavy atom. The second-order valence-electron chi connectivity index (χ2n) is 7.29. The third kappa shape index (κ3) is 4.33. The van der Waals surface area contributed by atoms with Gasteiger partial charge >= 0.3 is 0 Å². The molecule has 0 aliphatic carbocycles. The molecule has 1 fully saturated rings. The van der Waals surface area contributed by atoms with Gasteiger partial charge in [0.2, 0.25) is 0 Å². The summed E-state index contributed by atoms with van der Waals surface area (Å²) in [4.78, 5) is 11.5. The predicted octanol–water partition coefficient (Wildman–Crippen LogP) is 2.75. The van der Waals surface area contributed by atoms with E-state index >= 15 is 0 Å². The third-order valence-electron chi connectivity index (χ3n) is 5.26. The number of hydrogen-bond acceptors (Lipinski definition) is 6. The van der Waals surface area contributed by atoms with E-state index in [4.69, 9.17) is 9.47 Å². The zero-order valence-electron chi connectivity index (χ0n) is 16.1. The summed E-state index contributed by atoms with van der Waals surface area (Å²) >= 11 is 0. The number of benzene rings is 1. The first-order chi connectivity index (χ1) is 13.2. The number of nitrogens with zero attached hydrogens (tertiary/aromatic N) is 3. The van der Waals surface area contributed by atoms with E-state index in [9.17, 15) is 0 Å². The zero-order valence-corrected chi connectivity index (χ0v) is 16.1. The van der Waals surface area contributed by atoms with E-state index in [1.165, 1.54) is 0 Å². The summed E-state index contributed by atoms with van der Waals surface area (Å²) < 4.78 is 11.8. The maximum atomic E-state index is 6.04. The van der Waals surface area contributed by atoms with Crippen LogP contribution in [0.15, 0.2) is 30.3 Å². The lowest BCUT2D eigenvalue weighted by Gasteiger charge is -2.34. The van der Waals surface area contributed by atoms with Crippen molar-refractivity contribution in [3.63, 3.8) is 0 Å². The molecule has 0 unspecified atom stereocenters. The van der Waals surface area contributed by atoms with E-state index in [1.807, 2.05) is 31.2 Å². The number of hydrogen-bond donors (Lipinski definition) is 1. The maximum Gasteiger partial charge on any atom is 0.161 e. The van der Waals surface area contributed by atoms with Gasteiger partial charge in [-0.15, -0.1) is 0 Å². The monoisotopic (exact) mass is 368 g/mol. The van der Waals surface area contributed by atoms with Crippen molar-refractivity contribution >= 4 is 5.82 Å². The summed E-state index contributed by atoms with van der Waals surface area (Å²) in [6.45, 7) is 7.55. The second-order valence-corrected chi connectivity index (χ2v) is 7.29. The number of anilines is 1. The molecule has 6 heteroatoms. The van der Waals surface area contributed by atoms with Gasteiger partial charge in [0.1, 0.15) is 24.4 Å². The Bertz CT molecular complexity index is 775. The van der Waals surface area contributed by atoms with Gasteiger partial charge in [-0.05, 0) is 38.3 Å². The van der Waals surface area contributed by atoms with Crippen LogP contribution in [0.3, 0.4) is 0 Å². The molecule has 0 bridgehead atoms. The highest BCUT2D eigenvalue weighted by Gasteiger charge is 2.24. The molecule has 4 rings (SSSR count). The van der Waals surface area contributed by atoms with Crippen molar-refractivity contribution in [1.29, 1.82) is 0 Å². The van der Waals surface area contributed by atoms with Gasteiger partial charge in [-0.3, -0.25) is 0 Å². The lowest BCUT2D eigenvalue weighted by Crippen LogP contribution is -2.47. The minimum Gasteiger partial charge on any atom is -0.486 e. The standard InChI is InChI=1S/C21H28N4O2/c1-3-16-12-21(24-15(2)23-16)25-10-8-17(9-11-25)22-13-18-14-26-19-6-4-5-7-20(19)27-18/h4-7,12,17-18,22H,3,8-11,13-14H2,1-2H3/t18-/m0/s1. The molecule has 0 radical (unpaired) electrons. The number of nitrogens with one attached hydrogen (secondary N) is 1. The largest absolute Gasteiger partial charge is 0.486 e. The minimum absolute atomic E-state index is 0.0644. The molecule has 1 aromatic heterocycles. The number of ether oxygens (including phenoxy) is 2. The Hall–Kier alpha value is -2.34.